The molecule has 2 atom stereocenters. The van der Waals surface area contributed by atoms with Crippen molar-refractivity contribution in [2.75, 3.05) is 25.0 Å². The van der Waals surface area contributed by atoms with Crippen LogP contribution < -0.4 is 5.32 Å². The van der Waals surface area contributed by atoms with E-state index in [2.05, 4.69) is 29.1 Å². The monoisotopic (exact) mass is 280 g/mol. The van der Waals surface area contributed by atoms with Crippen molar-refractivity contribution in [3.05, 3.63) is 18.1 Å². The number of nitrogens with zero attached hydrogens (tertiary/aromatic N) is 3. The van der Waals surface area contributed by atoms with Crippen LogP contribution in [0, 0.1) is 0 Å². The predicted octanol–water partition coefficient (Wildman–Crippen LogP) is 1.87. The molecule has 0 bridgehead atoms. The summed E-state index contributed by atoms with van der Waals surface area (Å²) in [5.74, 6) is 0.685. The summed E-state index contributed by atoms with van der Waals surface area (Å²) in [6.45, 7) is 8.66. The van der Waals surface area contributed by atoms with Gasteiger partial charge in [-0.25, -0.2) is 9.97 Å². The predicted molar refractivity (Wildman–Crippen MR) is 78.6 cm³/mol. The van der Waals surface area contributed by atoms with Crippen LogP contribution in [0.2, 0.25) is 0 Å². The highest BCUT2D eigenvalue weighted by Gasteiger charge is 2.27. The molecule has 0 spiro atoms. The molecule has 1 amide bonds. The Morgan fingerprint density at radius 1 is 1.37 bits per heavy atom. The largest absolute Gasteiger partial charge is 0.369 e. The zero-order valence-electron chi connectivity index (χ0n) is 11.6. The van der Waals surface area contributed by atoms with Gasteiger partial charge in [-0.1, -0.05) is 13.8 Å². The SMILES string of the molecule is CCNc1cnc(C(=O)N2CC(C)SC(C)C2)cn1. The van der Waals surface area contributed by atoms with Crippen LogP contribution in [0.3, 0.4) is 0 Å². The highest BCUT2D eigenvalue weighted by atomic mass is 32.2. The number of hydrogen-bond acceptors (Lipinski definition) is 5. The lowest BCUT2D eigenvalue weighted by molar-refractivity contribution is 0.0747. The molecule has 0 radical (unpaired) electrons. The van der Waals surface area contributed by atoms with Gasteiger partial charge in [-0.3, -0.25) is 4.79 Å². The first-order valence-corrected chi connectivity index (χ1v) is 7.55. The Labute approximate surface area is 118 Å². The second kappa shape index (κ2) is 6.23. The van der Waals surface area contributed by atoms with Crippen molar-refractivity contribution < 1.29 is 4.79 Å². The van der Waals surface area contributed by atoms with E-state index in [1.54, 1.807) is 12.4 Å². The van der Waals surface area contributed by atoms with Crippen LogP contribution in [0.1, 0.15) is 31.3 Å². The number of thioether (sulfide) groups is 1. The Kier molecular flexibility index (Phi) is 4.63. The number of aromatic nitrogens is 2. The Balaban J connectivity index is 2.06. The van der Waals surface area contributed by atoms with Gasteiger partial charge in [-0.05, 0) is 6.92 Å². The number of amides is 1. The van der Waals surface area contributed by atoms with Gasteiger partial charge in [-0.2, -0.15) is 11.8 Å². The van der Waals surface area contributed by atoms with E-state index >= 15 is 0 Å². The van der Waals surface area contributed by atoms with Crippen molar-refractivity contribution in [3.8, 4) is 0 Å². The molecule has 5 nitrogen and oxygen atoms in total. The summed E-state index contributed by atoms with van der Waals surface area (Å²) < 4.78 is 0. The lowest BCUT2D eigenvalue weighted by Crippen LogP contribution is -2.44. The molecule has 104 valence electrons. The second-order valence-electron chi connectivity index (χ2n) is 4.78. The van der Waals surface area contributed by atoms with Crippen LogP contribution in [-0.4, -0.2) is 50.9 Å². The van der Waals surface area contributed by atoms with Crippen LogP contribution in [0.25, 0.3) is 0 Å². The molecule has 2 heterocycles. The normalized spacial score (nSPS) is 23.2. The van der Waals surface area contributed by atoms with Crippen molar-refractivity contribution in [2.45, 2.75) is 31.3 Å². The first kappa shape index (κ1) is 14.1. The van der Waals surface area contributed by atoms with E-state index in [0.717, 1.165) is 19.6 Å². The molecule has 1 aliphatic rings. The lowest BCUT2D eigenvalue weighted by Gasteiger charge is -2.34. The van der Waals surface area contributed by atoms with E-state index in [9.17, 15) is 4.79 Å². The first-order chi connectivity index (χ1) is 9.10. The van der Waals surface area contributed by atoms with Gasteiger partial charge >= 0.3 is 0 Å². The molecule has 2 rings (SSSR count). The summed E-state index contributed by atoms with van der Waals surface area (Å²) in [6.07, 6.45) is 3.17. The molecule has 0 saturated carbocycles. The average molecular weight is 280 g/mol. The van der Waals surface area contributed by atoms with E-state index in [1.807, 2.05) is 23.6 Å². The number of carbonyl (C=O) groups is 1. The van der Waals surface area contributed by atoms with Gasteiger partial charge in [0.05, 0.1) is 12.4 Å². The zero-order valence-corrected chi connectivity index (χ0v) is 12.4. The standard InChI is InChI=1S/C13H20N4OS/c1-4-14-12-6-15-11(5-16-12)13(18)17-7-9(2)19-10(3)8-17/h5-6,9-10H,4,7-8H2,1-3H3,(H,14,16). The van der Waals surface area contributed by atoms with Gasteiger partial charge in [0.25, 0.3) is 5.91 Å². The fraction of sp³-hybridized carbons (Fsp3) is 0.615. The maximum absolute atomic E-state index is 12.4. The summed E-state index contributed by atoms with van der Waals surface area (Å²) in [6, 6.07) is 0. The van der Waals surface area contributed by atoms with Gasteiger partial charge in [0, 0.05) is 30.1 Å². The van der Waals surface area contributed by atoms with E-state index in [-0.39, 0.29) is 5.91 Å². The Morgan fingerprint density at radius 3 is 2.58 bits per heavy atom. The number of anilines is 1. The zero-order chi connectivity index (χ0) is 13.8. The molecule has 1 aromatic rings. The Bertz CT molecular complexity index is 427. The third-order valence-electron chi connectivity index (χ3n) is 2.94. The minimum absolute atomic E-state index is 0.0189. The minimum Gasteiger partial charge on any atom is -0.369 e. The van der Waals surface area contributed by atoms with Gasteiger partial charge < -0.3 is 10.2 Å². The highest BCUT2D eigenvalue weighted by Crippen LogP contribution is 2.25. The van der Waals surface area contributed by atoms with Crippen LogP contribution in [-0.2, 0) is 0 Å². The van der Waals surface area contributed by atoms with Crippen LogP contribution in [0.5, 0.6) is 0 Å². The topological polar surface area (TPSA) is 58.1 Å². The van der Waals surface area contributed by atoms with Crippen molar-refractivity contribution in [1.29, 1.82) is 0 Å². The van der Waals surface area contributed by atoms with Crippen LogP contribution in [0.15, 0.2) is 12.4 Å². The molecule has 1 aromatic heterocycles. The van der Waals surface area contributed by atoms with Gasteiger partial charge in [0.1, 0.15) is 11.5 Å². The summed E-state index contributed by atoms with van der Waals surface area (Å²) in [5.41, 5.74) is 0.424. The number of carbonyl (C=O) groups excluding carboxylic acids is 1. The van der Waals surface area contributed by atoms with E-state index < -0.39 is 0 Å². The van der Waals surface area contributed by atoms with E-state index in [0.29, 0.717) is 22.0 Å². The Hall–Kier alpha value is -1.30. The molecule has 19 heavy (non-hydrogen) atoms. The number of hydrogen-bond donors (Lipinski definition) is 1. The molecule has 6 heteroatoms. The lowest BCUT2D eigenvalue weighted by atomic mass is 10.3. The summed E-state index contributed by atoms with van der Waals surface area (Å²) in [7, 11) is 0. The maximum Gasteiger partial charge on any atom is 0.274 e. The third kappa shape index (κ3) is 3.59. The highest BCUT2D eigenvalue weighted by molar-refractivity contribution is 8.00. The van der Waals surface area contributed by atoms with Crippen molar-refractivity contribution in [3.63, 3.8) is 0 Å². The third-order valence-corrected chi connectivity index (χ3v) is 4.16. The first-order valence-electron chi connectivity index (χ1n) is 6.60. The molecular formula is C13H20N4OS. The van der Waals surface area contributed by atoms with Gasteiger partial charge in [0.15, 0.2) is 0 Å². The number of rotatable bonds is 3. The summed E-state index contributed by atoms with van der Waals surface area (Å²) in [4.78, 5) is 22.6. The fourth-order valence-electron chi connectivity index (χ4n) is 2.22. The fourth-order valence-corrected chi connectivity index (χ4v) is 3.54. The van der Waals surface area contributed by atoms with E-state index in [1.165, 1.54) is 0 Å². The summed E-state index contributed by atoms with van der Waals surface area (Å²) >= 11 is 1.93. The molecule has 0 aromatic carbocycles. The quantitative estimate of drug-likeness (QED) is 0.916. The van der Waals surface area contributed by atoms with Gasteiger partial charge in [-0.15, -0.1) is 0 Å². The summed E-state index contributed by atoms with van der Waals surface area (Å²) in [5, 5.41) is 4.01. The average Bonchev–Trinajstić information content (AvgIpc) is 2.38. The molecular weight excluding hydrogens is 260 g/mol. The maximum atomic E-state index is 12.4. The molecule has 2 unspecified atom stereocenters. The second-order valence-corrected chi connectivity index (χ2v) is 6.67. The smallest absolute Gasteiger partial charge is 0.274 e. The van der Waals surface area contributed by atoms with E-state index in [4.69, 9.17) is 0 Å². The molecule has 1 aliphatic heterocycles. The van der Waals surface area contributed by atoms with Gasteiger partial charge in [0.2, 0.25) is 0 Å². The molecule has 0 aliphatic carbocycles. The Morgan fingerprint density at radius 2 is 2.05 bits per heavy atom. The van der Waals surface area contributed by atoms with Crippen molar-refractivity contribution in [1.82, 2.24) is 14.9 Å². The van der Waals surface area contributed by atoms with Crippen LogP contribution in [0.4, 0.5) is 5.82 Å². The number of nitrogens with one attached hydrogen (secondary N) is 1. The minimum atomic E-state index is -0.0189. The molecule has 1 fully saturated rings. The van der Waals surface area contributed by atoms with Crippen molar-refractivity contribution >= 4 is 23.5 Å². The molecule has 1 N–H and O–H groups in total. The van der Waals surface area contributed by atoms with Crippen molar-refractivity contribution in [2.24, 2.45) is 0 Å². The molecule has 1 saturated heterocycles. The van der Waals surface area contributed by atoms with Crippen LogP contribution >= 0.6 is 11.8 Å².